The summed E-state index contributed by atoms with van der Waals surface area (Å²) in [7, 11) is 0. The number of ether oxygens (including phenoxy) is 5. The third-order valence-corrected chi connectivity index (χ3v) is 18.2. The lowest BCUT2D eigenvalue weighted by molar-refractivity contribution is -0.335. The van der Waals surface area contributed by atoms with Crippen molar-refractivity contribution in [3.63, 3.8) is 0 Å². The quantitative estimate of drug-likeness (QED) is 0.146. The summed E-state index contributed by atoms with van der Waals surface area (Å²) in [6.07, 6.45) is -9.61. The van der Waals surface area contributed by atoms with Crippen molar-refractivity contribution in [1.29, 1.82) is 0 Å². The molecule has 5 saturated carbocycles. The van der Waals surface area contributed by atoms with Crippen LogP contribution >= 0.6 is 0 Å². The fraction of sp³-hybridized carbons (Fsp3) is 1.00. The average Bonchev–Trinajstić information content (AvgIpc) is 3.52. The molecule has 8 aliphatic rings. The number of aliphatic hydroxyl groups excluding tert-OH is 10. The Kier molecular flexibility index (Phi) is 10.5. The van der Waals surface area contributed by atoms with Gasteiger partial charge in [0.25, 0.3) is 0 Å². The smallest absolute Gasteiger partial charge is 0.187 e. The summed E-state index contributed by atoms with van der Waals surface area (Å²) in [5.74, 6) is -0.232. The molecule has 8 fully saturated rings. The van der Waals surface area contributed by atoms with E-state index in [1.807, 2.05) is 13.8 Å². The van der Waals surface area contributed by atoms with Gasteiger partial charge < -0.3 is 74.7 Å². The Hall–Kier alpha value is -0.600. The maximum Gasteiger partial charge on any atom is 0.187 e. The summed E-state index contributed by atoms with van der Waals surface area (Å²) in [5.41, 5.74) is -3.23. The Balaban J connectivity index is 1.07. The number of fused-ring (bicyclic) bond motifs is 2. The molecule has 3 heterocycles. The van der Waals surface area contributed by atoms with E-state index < -0.39 is 116 Å². The first kappa shape index (κ1) is 43.1. The van der Waals surface area contributed by atoms with E-state index in [-0.39, 0.29) is 39.4 Å². The van der Waals surface area contributed by atoms with Crippen LogP contribution in [-0.4, -0.2) is 161 Å². The van der Waals surface area contributed by atoms with Crippen LogP contribution in [0.15, 0.2) is 0 Å². The molecule has 0 aromatic carbocycles. The molecule has 328 valence electrons. The minimum Gasteiger partial charge on any atom is -0.394 e. The van der Waals surface area contributed by atoms with E-state index in [0.717, 1.165) is 25.7 Å². The van der Waals surface area contributed by atoms with E-state index in [9.17, 15) is 51.1 Å². The molecule has 5 aliphatic carbocycles. The Morgan fingerprint density at radius 1 is 0.649 bits per heavy atom. The number of hydrogen-bond acceptors (Lipinski definition) is 15. The van der Waals surface area contributed by atoms with E-state index in [0.29, 0.717) is 32.1 Å². The first-order valence-electron chi connectivity index (χ1n) is 21.5. The number of rotatable bonds is 8. The van der Waals surface area contributed by atoms with Crippen LogP contribution in [0, 0.1) is 44.8 Å². The maximum absolute atomic E-state index is 12.3. The monoisotopic (exact) mass is 814 g/mol. The van der Waals surface area contributed by atoms with E-state index in [2.05, 4.69) is 34.6 Å². The fourth-order valence-corrected chi connectivity index (χ4v) is 15.1. The Bertz CT molecular complexity index is 1510. The maximum atomic E-state index is 12.3. The molecule has 0 aromatic heterocycles. The highest BCUT2D eigenvalue weighted by atomic mass is 16.7. The molecular weight excluding hydrogens is 744 g/mol. The molecular formula is C42H70O15. The zero-order valence-corrected chi connectivity index (χ0v) is 34.6. The van der Waals surface area contributed by atoms with E-state index in [1.165, 1.54) is 0 Å². The van der Waals surface area contributed by atoms with Gasteiger partial charge in [-0.25, -0.2) is 0 Å². The minimum absolute atomic E-state index is 0.0333. The molecule has 8 rings (SSSR count). The first-order chi connectivity index (χ1) is 26.5. The highest BCUT2D eigenvalue weighted by Crippen LogP contribution is 2.89. The van der Waals surface area contributed by atoms with Crippen LogP contribution in [-0.2, 0) is 23.7 Å². The summed E-state index contributed by atoms with van der Waals surface area (Å²) >= 11 is 0. The Morgan fingerprint density at radius 2 is 1.25 bits per heavy atom. The predicted octanol–water partition coefficient (Wildman–Crippen LogP) is 0.0850. The van der Waals surface area contributed by atoms with E-state index in [1.54, 1.807) is 0 Å². The Labute approximate surface area is 335 Å². The molecule has 0 amide bonds. The van der Waals surface area contributed by atoms with Crippen LogP contribution in [0.2, 0.25) is 0 Å². The summed E-state index contributed by atoms with van der Waals surface area (Å²) in [5, 5.41) is 107. The lowest BCUT2D eigenvalue weighted by Gasteiger charge is -2.65. The van der Waals surface area contributed by atoms with Crippen molar-refractivity contribution in [2.24, 2.45) is 44.8 Å². The topological polar surface area (TPSA) is 248 Å². The molecule has 3 saturated heterocycles. The fourth-order valence-electron chi connectivity index (χ4n) is 15.1. The van der Waals surface area contributed by atoms with Gasteiger partial charge in [0.2, 0.25) is 0 Å². The summed E-state index contributed by atoms with van der Waals surface area (Å²) in [6.45, 7) is 13.4. The molecule has 2 spiro atoms. The van der Waals surface area contributed by atoms with Gasteiger partial charge in [-0.05, 0) is 117 Å². The minimum atomic E-state index is -1.58. The predicted molar refractivity (Wildman–Crippen MR) is 200 cm³/mol. The van der Waals surface area contributed by atoms with Gasteiger partial charge in [-0.1, -0.05) is 27.7 Å². The first-order valence-corrected chi connectivity index (χ1v) is 21.5. The summed E-state index contributed by atoms with van der Waals surface area (Å²) in [4.78, 5) is 0. The molecule has 0 unspecified atom stereocenters. The molecule has 3 aliphatic heterocycles. The van der Waals surface area contributed by atoms with E-state index in [4.69, 9.17) is 23.7 Å². The van der Waals surface area contributed by atoms with Gasteiger partial charge in [0.05, 0.1) is 48.8 Å². The molecule has 22 atom stereocenters. The van der Waals surface area contributed by atoms with Crippen LogP contribution in [0.5, 0.6) is 0 Å². The SMILES string of the molecule is CC(C)(O[C@@H]1O[C@H](CO)[C@@H](O)[C@H](O)[C@H]1O)[C@@H]1CC[C@](C)([C@H]2[C@@H](O)C[C@@]3(C)[C@@H]4C[C@H](O[C@@H]5O[C@H](CO)[C@@H](O)[C@H](O)[C@H]5O)[C@H]5C(C)(C)[C@@H](O)CC[C@@]56C[C@@]46CC[C@]23C)O1. The zero-order valence-electron chi connectivity index (χ0n) is 34.6. The van der Waals surface area contributed by atoms with Crippen LogP contribution in [0.1, 0.15) is 106 Å². The average molecular weight is 815 g/mol. The van der Waals surface area contributed by atoms with Crippen LogP contribution in [0.3, 0.4) is 0 Å². The Morgan fingerprint density at radius 3 is 1.86 bits per heavy atom. The third kappa shape index (κ3) is 5.92. The van der Waals surface area contributed by atoms with Crippen molar-refractivity contribution in [1.82, 2.24) is 0 Å². The third-order valence-electron chi connectivity index (χ3n) is 18.2. The van der Waals surface area contributed by atoms with Gasteiger partial charge in [0.1, 0.15) is 48.8 Å². The summed E-state index contributed by atoms with van der Waals surface area (Å²) < 4.78 is 31.7. The van der Waals surface area contributed by atoms with Gasteiger partial charge in [-0.2, -0.15) is 0 Å². The molecule has 57 heavy (non-hydrogen) atoms. The number of hydrogen-bond donors (Lipinski definition) is 10. The van der Waals surface area contributed by atoms with Crippen molar-refractivity contribution >= 4 is 0 Å². The molecule has 10 N–H and O–H groups in total. The van der Waals surface area contributed by atoms with Crippen molar-refractivity contribution < 1.29 is 74.7 Å². The van der Waals surface area contributed by atoms with Crippen LogP contribution in [0.25, 0.3) is 0 Å². The molecule has 0 aromatic rings. The largest absolute Gasteiger partial charge is 0.394 e. The van der Waals surface area contributed by atoms with Crippen LogP contribution < -0.4 is 0 Å². The van der Waals surface area contributed by atoms with Gasteiger partial charge in [0, 0.05) is 5.92 Å². The van der Waals surface area contributed by atoms with E-state index >= 15 is 0 Å². The van der Waals surface area contributed by atoms with Crippen molar-refractivity contribution in [2.45, 2.75) is 203 Å². The van der Waals surface area contributed by atoms with Crippen molar-refractivity contribution in [2.75, 3.05) is 13.2 Å². The van der Waals surface area contributed by atoms with Crippen LogP contribution in [0.4, 0.5) is 0 Å². The second-order valence-corrected chi connectivity index (χ2v) is 21.5. The molecule has 0 radical (unpaired) electrons. The summed E-state index contributed by atoms with van der Waals surface area (Å²) in [6, 6.07) is 0. The lowest BCUT2D eigenvalue weighted by atomic mass is 9.41. The second-order valence-electron chi connectivity index (χ2n) is 21.5. The normalized spacial score (nSPS) is 58.4. The van der Waals surface area contributed by atoms with Crippen molar-refractivity contribution in [3.8, 4) is 0 Å². The highest BCUT2D eigenvalue weighted by Gasteiger charge is 2.85. The molecule has 0 bridgehead atoms. The molecule has 15 heteroatoms. The molecule has 15 nitrogen and oxygen atoms in total. The standard InChI is InChI=1S/C42H70O15/c1-36(2)24(46)8-11-42-18-41(42)13-12-38(5)32(40(7)10-9-25(56-40)37(3,4)57-35-31(52)29(50)27(48)22(17-44)55-35)19(45)15-39(38,6)23(41)14-20(33(36)42)53-34-30(51)28(49)26(47)21(16-43)54-34/h19-35,43-52H,8-18H2,1-7H3/t19-,20-,21+,22+,23-,24-,25-,26+,27+,28-,29-,30+,31+,32-,33-,34+,35-,38+,39-,40+,41-,42+/m0/s1. The van der Waals surface area contributed by atoms with Gasteiger partial charge in [-0.3, -0.25) is 0 Å². The van der Waals surface area contributed by atoms with Gasteiger partial charge >= 0.3 is 0 Å². The van der Waals surface area contributed by atoms with Gasteiger partial charge in [0.15, 0.2) is 12.6 Å². The number of aliphatic hydroxyl groups is 10. The highest BCUT2D eigenvalue weighted by molar-refractivity contribution is 5.33. The van der Waals surface area contributed by atoms with Crippen molar-refractivity contribution in [3.05, 3.63) is 0 Å². The lowest BCUT2D eigenvalue weighted by Crippen LogP contribution is -2.64. The van der Waals surface area contributed by atoms with Gasteiger partial charge in [-0.15, -0.1) is 0 Å². The second kappa shape index (κ2) is 14.0. The zero-order chi connectivity index (χ0) is 41.6.